The molecular formula is C18H14ClFN2O3. The molecule has 0 saturated heterocycles. The largest absolute Gasteiger partial charge is 0.455 e. The fourth-order valence-corrected chi connectivity index (χ4v) is 2.35. The summed E-state index contributed by atoms with van der Waals surface area (Å²) in [5.74, 6) is -1.96. The van der Waals surface area contributed by atoms with Crippen LogP contribution < -0.4 is 4.90 Å². The third-order valence-corrected chi connectivity index (χ3v) is 3.69. The van der Waals surface area contributed by atoms with Crippen molar-refractivity contribution in [1.82, 2.24) is 0 Å². The summed E-state index contributed by atoms with van der Waals surface area (Å²) in [6.45, 7) is -0.735. The van der Waals surface area contributed by atoms with Gasteiger partial charge in [0.1, 0.15) is 12.4 Å². The molecule has 0 atom stereocenters. The summed E-state index contributed by atoms with van der Waals surface area (Å²) in [5.41, 5.74) is 0.529. The standard InChI is InChI=1S/C18H14ClFN2O3/c19-15-7-4-8-16(20)14(15)11-18(24)25-12-17(23)22(10-9-21)13-5-2-1-3-6-13/h1-8H,10-12H2. The first-order valence-corrected chi connectivity index (χ1v) is 7.71. The highest BCUT2D eigenvalue weighted by molar-refractivity contribution is 6.31. The molecule has 5 nitrogen and oxygen atoms in total. The van der Waals surface area contributed by atoms with Crippen LogP contribution in [0.25, 0.3) is 0 Å². The van der Waals surface area contributed by atoms with Crippen LogP contribution in [0.2, 0.25) is 5.02 Å². The van der Waals surface area contributed by atoms with Crippen molar-refractivity contribution in [3.05, 3.63) is 64.9 Å². The highest BCUT2D eigenvalue weighted by Gasteiger charge is 2.18. The van der Waals surface area contributed by atoms with Crippen molar-refractivity contribution < 1.29 is 18.7 Å². The monoisotopic (exact) mass is 360 g/mol. The molecule has 0 aliphatic carbocycles. The van der Waals surface area contributed by atoms with Crippen molar-refractivity contribution in [2.24, 2.45) is 0 Å². The Morgan fingerprint density at radius 1 is 1.16 bits per heavy atom. The molecule has 7 heteroatoms. The Morgan fingerprint density at radius 2 is 1.88 bits per heavy atom. The van der Waals surface area contributed by atoms with Crippen LogP contribution in [0.4, 0.5) is 10.1 Å². The molecule has 0 saturated carbocycles. The van der Waals surface area contributed by atoms with E-state index in [1.54, 1.807) is 30.3 Å². The van der Waals surface area contributed by atoms with Gasteiger partial charge in [-0.1, -0.05) is 35.9 Å². The number of amides is 1. The quantitative estimate of drug-likeness (QED) is 0.586. The van der Waals surface area contributed by atoms with Crippen molar-refractivity contribution >= 4 is 29.2 Å². The predicted molar refractivity (Wildman–Crippen MR) is 90.5 cm³/mol. The molecule has 2 rings (SSSR count). The molecule has 0 aromatic heterocycles. The molecular weight excluding hydrogens is 347 g/mol. The number of carbonyl (C=O) groups is 2. The Bertz CT molecular complexity index is 785. The minimum atomic E-state index is -0.787. The number of halogens is 2. The van der Waals surface area contributed by atoms with Gasteiger partial charge in [-0.15, -0.1) is 0 Å². The Morgan fingerprint density at radius 3 is 2.52 bits per heavy atom. The van der Waals surface area contributed by atoms with E-state index in [1.807, 2.05) is 6.07 Å². The first-order valence-electron chi connectivity index (χ1n) is 7.33. The normalized spacial score (nSPS) is 9.96. The zero-order valence-electron chi connectivity index (χ0n) is 13.1. The number of nitrogens with zero attached hydrogens (tertiary/aromatic N) is 2. The molecule has 0 bridgehead atoms. The van der Waals surface area contributed by atoms with E-state index in [4.69, 9.17) is 21.6 Å². The van der Waals surface area contributed by atoms with Crippen LogP contribution in [0.3, 0.4) is 0 Å². The SMILES string of the molecule is N#CCN(C(=O)COC(=O)Cc1c(F)cccc1Cl)c1ccccc1. The van der Waals surface area contributed by atoms with Crippen molar-refractivity contribution in [3.8, 4) is 6.07 Å². The predicted octanol–water partition coefficient (Wildman–Crippen LogP) is 3.12. The Balaban J connectivity index is 1.98. The van der Waals surface area contributed by atoms with Crippen LogP contribution >= 0.6 is 11.6 Å². The van der Waals surface area contributed by atoms with Crippen LogP contribution in [0.15, 0.2) is 48.5 Å². The molecule has 0 fully saturated rings. The summed E-state index contributed by atoms with van der Waals surface area (Å²) in [6.07, 6.45) is -0.387. The number of esters is 1. The molecule has 0 aliphatic rings. The van der Waals surface area contributed by atoms with Gasteiger partial charge in [0.2, 0.25) is 0 Å². The third kappa shape index (κ3) is 5.03. The maximum Gasteiger partial charge on any atom is 0.310 e. The van der Waals surface area contributed by atoms with E-state index in [9.17, 15) is 14.0 Å². The molecule has 25 heavy (non-hydrogen) atoms. The van der Waals surface area contributed by atoms with Crippen molar-refractivity contribution in [2.45, 2.75) is 6.42 Å². The van der Waals surface area contributed by atoms with Gasteiger partial charge in [0, 0.05) is 16.3 Å². The van der Waals surface area contributed by atoms with E-state index in [2.05, 4.69) is 0 Å². The summed E-state index contributed by atoms with van der Waals surface area (Å²) in [5, 5.41) is 8.98. The molecule has 0 N–H and O–H groups in total. The molecule has 0 aliphatic heterocycles. The lowest BCUT2D eigenvalue weighted by Gasteiger charge is -2.19. The van der Waals surface area contributed by atoms with Crippen LogP contribution in [0, 0.1) is 17.1 Å². The Hall–Kier alpha value is -2.91. The maximum absolute atomic E-state index is 13.7. The number of nitriles is 1. The third-order valence-electron chi connectivity index (χ3n) is 3.34. The first kappa shape index (κ1) is 18.4. The maximum atomic E-state index is 13.7. The number of rotatable bonds is 6. The Labute approximate surface area is 149 Å². The number of para-hydroxylation sites is 1. The van der Waals surface area contributed by atoms with Gasteiger partial charge in [0.05, 0.1) is 12.5 Å². The molecule has 128 valence electrons. The van der Waals surface area contributed by atoms with E-state index >= 15 is 0 Å². The van der Waals surface area contributed by atoms with Crippen LogP contribution in [-0.2, 0) is 20.7 Å². The second kappa shape index (κ2) is 8.81. The lowest BCUT2D eigenvalue weighted by molar-refractivity contribution is -0.147. The second-order valence-electron chi connectivity index (χ2n) is 5.01. The van der Waals surface area contributed by atoms with E-state index in [-0.39, 0.29) is 23.6 Å². The van der Waals surface area contributed by atoms with Gasteiger partial charge >= 0.3 is 5.97 Å². The summed E-state index contributed by atoms with van der Waals surface area (Å²) in [7, 11) is 0. The van der Waals surface area contributed by atoms with Crippen LogP contribution in [0.1, 0.15) is 5.56 Å². The van der Waals surface area contributed by atoms with Crippen molar-refractivity contribution in [2.75, 3.05) is 18.1 Å². The Kier molecular flexibility index (Phi) is 6.49. The topological polar surface area (TPSA) is 70.4 Å². The molecule has 2 aromatic rings. The van der Waals surface area contributed by atoms with Gasteiger partial charge < -0.3 is 4.74 Å². The highest BCUT2D eigenvalue weighted by atomic mass is 35.5. The van der Waals surface area contributed by atoms with Gasteiger partial charge in [-0.25, -0.2) is 4.39 Å². The van der Waals surface area contributed by atoms with Gasteiger partial charge in [0.25, 0.3) is 5.91 Å². The fourth-order valence-electron chi connectivity index (χ4n) is 2.12. The van der Waals surface area contributed by atoms with Gasteiger partial charge in [0.15, 0.2) is 6.61 Å². The fraction of sp³-hybridized carbons (Fsp3) is 0.167. The number of hydrogen-bond acceptors (Lipinski definition) is 4. The van der Waals surface area contributed by atoms with Gasteiger partial charge in [-0.05, 0) is 24.3 Å². The molecule has 0 unspecified atom stereocenters. The van der Waals surface area contributed by atoms with E-state index in [0.717, 1.165) is 0 Å². The van der Waals surface area contributed by atoms with E-state index in [0.29, 0.717) is 5.69 Å². The average Bonchev–Trinajstić information content (AvgIpc) is 2.61. The zero-order valence-corrected chi connectivity index (χ0v) is 13.9. The lowest BCUT2D eigenvalue weighted by atomic mass is 10.1. The number of benzene rings is 2. The molecule has 0 radical (unpaired) electrons. The van der Waals surface area contributed by atoms with Gasteiger partial charge in [-0.3, -0.25) is 14.5 Å². The minimum absolute atomic E-state index is 0.0126. The average molecular weight is 361 g/mol. The summed E-state index contributed by atoms with van der Waals surface area (Å²) >= 11 is 5.85. The lowest BCUT2D eigenvalue weighted by Crippen LogP contribution is -2.35. The molecule has 1 amide bonds. The smallest absolute Gasteiger partial charge is 0.310 e. The minimum Gasteiger partial charge on any atom is -0.455 e. The van der Waals surface area contributed by atoms with Crippen LogP contribution in [0.5, 0.6) is 0 Å². The molecule has 0 heterocycles. The van der Waals surface area contributed by atoms with Gasteiger partial charge in [-0.2, -0.15) is 5.26 Å². The number of carbonyl (C=O) groups excluding carboxylic acids is 2. The second-order valence-corrected chi connectivity index (χ2v) is 5.42. The first-order chi connectivity index (χ1) is 12.0. The van der Waals surface area contributed by atoms with Crippen LogP contribution in [-0.4, -0.2) is 25.0 Å². The number of ether oxygens (including phenoxy) is 1. The zero-order chi connectivity index (χ0) is 18.2. The van der Waals surface area contributed by atoms with Crippen molar-refractivity contribution in [1.29, 1.82) is 5.26 Å². The molecule has 0 spiro atoms. The number of anilines is 1. The summed E-state index contributed by atoms with van der Waals surface area (Å²) in [4.78, 5) is 25.3. The van der Waals surface area contributed by atoms with E-state index < -0.39 is 24.3 Å². The van der Waals surface area contributed by atoms with E-state index in [1.165, 1.54) is 23.1 Å². The highest BCUT2D eigenvalue weighted by Crippen LogP contribution is 2.20. The molecule has 2 aromatic carbocycles. The summed E-state index contributed by atoms with van der Waals surface area (Å²) in [6, 6.07) is 14.5. The summed E-state index contributed by atoms with van der Waals surface area (Å²) < 4.78 is 18.6. The number of hydrogen-bond donors (Lipinski definition) is 0. The van der Waals surface area contributed by atoms with Crippen molar-refractivity contribution in [3.63, 3.8) is 0 Å².